The molecule has 1 aromatic heterocycles. The summed E-state index contributed by atoms with van der Waals surface area (Å²) in [4.78, 5) is 29.8. The number of furan rings is 1. The van der Waals surface area contributed by atoms with Gasteiger partial charge in [0.15, 0.2) is 0 Å². The van der Waals surface area contributed by atoms with Crippen LogP contribution in [0.25, 0.3) is 0 Å². The van der Waals surface area contributed by atoms with E-state index in [1.54, 1.807) is 41.3 Å². The summed E-state index contributed by atoms with van der Waals surface area (Å²) >= 11 is 0. The standard InChI is InChI=1S/C26H29FN2O4/c1-4-15-28(26(31)23-7-5-6-8-24(23)32-3)18-25(30)29(17-22-14-9-19(2)33-22)16-20-10-12-21(27)13-11-20/h5-14H,4,15-18H2,1-3H3. The fraction of sp³-hybridized carbons (Fsp3) is 0.308. The lowest BCUT2D eigenvalue weighted by Gasteiger charge is -2.27. The zero-order chi connectivity index (χ0) is 23.8. The van der Waals surface area contributed by atoms with Crippen LogP contribution in [0, 0.1) is 12.7 Å². The Hall–Kier alpha value is -3.61. The zero-order valence-electron chi connectivity index (χ0n) is 19.2. The number of amides is 2. The molecule has 7 heteroatoms. The second kappa shape index (κ2) is 11.3. The Labute approximate surface area is 193 Å². The Kier molecular flexibility index (Phi) is 8.24. The highest BCUT2D eigenvalue weighted by Gasteiger charge is 2.24. The van der Waals surface area contributed by atoms with Crippen LogP contribution < -0.4 is 4.74 Å². The van der Waals surface area contributed by atoms with Crippen LogP contribution in [0.1, 0.15) is 40.8 Å². The predicted octanol–water partition coefficient (Wildman–Crippen LogP) is 4.82. The molecule has 3 aromatic rings. The molecule has 0 bridgehead atoms. The maximum atomic E-state index is 13.4. The van der Waals surface area contributed by atoms with Gasteiger partial charge in [0.05, 0.1) is 19.2 Å². The van der Waals surface area contributed by atoms with Crippen LogP contribution in [0.15, 0.2) is 65.1 Å². The summed E-state index contributed by atoms with van der Waals surface area (Å²) in [7, 11) is 1.51. The number of nitrogens with zero attached hydrogens (tertiary/aromatic N) is 2. The molecule has 2 amide bonds. The molecule has 0 aliphatic rings. The van der Waals surface area contributed by atoms with Crippen LogP contribution in [0.3, 0.4) is 0 Å². The van der Waals surface area contributed by atoms with Crippen molar-refractivity contribution in [2.75, 3.05) is 20.2 Å². The summed E-state index contributed by atoms with van der Waals surface area (Å²) in [6, 6.07) is 16.7. The Morgan fingerprint density at radius 3 is 2.33 bits per heavy atom. The number of carbonyl (C=O) groups excluding carboxylic acids is 2. The van der Waals surface area contributed by atoms with Crippen molar-refractivity contribution in [3.8, 4) is 5.75 Å². The van der Waals surface area contributed by atoms with Crippen molar-refractivity contribution in [1.82, 2.24) is 9.80 Å². The quantitative estimate of drug-likeness (QED) is 0.443. The molecule has 0 radical (unpaired) electrons. The topological polar surface area (TPSA) is 63.0 Å². The van der Waals surface area contributed by atoms with E-state index in [0.717, 1.165) is 11.3 Å². The van der Waals surface area contributed by atoms with Gasteiger partial charge in [-0.15, -0.1) is 0 Å². The molecule has 174 valence electrons. The van der Waals surface area contributed by atoms with E-state index in [4.69, 9.17) is 9.15 Å². The minimum atomic E-state index is -0.338. The van der Waals surface area contributed by atoms with Crippen LogP contribution in [0.5, 0.6) is 5.75 Å². The van der Waals surface area contributed by atoms with Crippen molar-refractivity contribution in [2.45, 2.75) is 33.4 Å². The van der Waals surface area contributed by atoms with E-state index < -0.39 is 0 Å². The summed E-state index contributed by atoms with van der Waals surface area (Å²) in [5.41, 5.74) is 1.19. The van der Waals surface area contributed by atoms with Gasteiger partial charge in [-0.3, -0.25) is 9.59 Å². The average molecular weight is 453 g/mol. The van der Waals surface area contributed by atoms with Gasteiger partial charge in [-0.25, -0.2) is 4.39 Å². The highest BCUT2D eigenvalue weighted by atomic mass is 19.1. The molecule has 0 saturated carbocycles. The van der Waals surface area contributed by atoms with E-state index in [0.29, 0.717) is 30.0 Å². The van der Waals surface area contributed by atoms with E-state index >= 15 is 0 Å². The summed E-state index contributed by atoms with van der Waals surface area (Å²) in [5.74, 6) is 1.02. The Morgan fingerprint density at radius 1 is 0.970 bits per heavy atom. The van der Waals surface area contributed by atoms with E-state index in [1.165, 1.54) is 24.1 Å². The third kappa shape index (κ3) is 6.44. The number of ether oxygens (including phenoxy) is 1. The molecule has 2 aromatic carbocycles. The van der Waals surface area contributed by atoms with E-state index in [1.807, 2.05) is 26.0 Å². The molecule has 0 spiro atoms. The highest BCUT2D eigenvalue weighted by Crippen LogP contribution is 2.20. The molecule has 0 unspecified atom stereocenters. The molecule has 0 atom stereocenters. The lowest BCUT2D eigenvalue weighted by Crippen LogP contribution is -2.42. The number of para-hydroxylation sites is 1. The lowest BCUT2D eigenvalue weighted by atomic mass is 10.1. The monoisotopic (exact) mass is 452 g/mol. The SMILES string of the molecule is CCCN(CC(=O)N(Cc1ccc(F)cc1)Cc1ccc(C)o1)C(=O)c1ccccc1OC. The van der Waals surface area contributed by atoms with Gasteiger partial charge in [-0.2, -0.15) is 0 Å². The van der Waals surface area contributed by atoms with Gasteiger partial charge in [-0.1, -0.05) is 31.2 Å². The normalized spacial score (nSPS) is 10.7. The molecule has 0 fully saturated rings. The maximum Gasteiger partial charge on any atom is 0.258 e. The van der Waals surface area contributed by atoms with Crippen LogP contribution in [-0.2, 0) is 17.9 Å². The number of halogens is 1. The average Bonchev–Trinajstić information content (AvgIpc) is 3.23. The van der Waals surface area contributed by atoms with Crippen molar-refractivity contribution in [3.63, 3.8) is 0 Å². The summed E-state index contributed by atoms with van der Waals surface area (Å²) in [6.45, 7) is 4.63. The van der Waals surface area contributed by atoms with Crippen molar-refractivity contribution in [2.24, 2.45) is 0 Å². The first-order valence-electron chi connectivity index (χ1n) is 10.9. The first-order valence-corrected chi connectivity index (χ1v) is 10.9. The fourth-order valence-electron chi connectivity index (χ4n) is 3.58. The number of benzene rings is 2. The van der Waals surface area contributed by atoms with Crippen LogP contribution in [0.4, 0.5) is 4.39 Å². The smallest absolute Gasteiger partial charge is 0.258 e. The first kappa shape index (κ1) is 24.0. The van der Waals surface area contributed by atoms with E-state index in [-0.39, 0.29) is 37.3 Å². The Morgan fingerprint density at radius 2 is 1.70 bits per heavy atom. The van der Waals surface area contributed by atoms with Gasteiger partial charge < -0.3 is 19.0 Å². The van der Waals surface area contributed by atoms with Crippen LogP contribution in [-0.4, -0.2) is 41.8 Å². The number of hydrogen-bond acceptors (Lipinski definition) is 4. The third-order valence-corrected chi connectivity index (χ3v) is 5.23. The lowest BCUT2D eigenvalue weighted by molar-refractivity contribution is -0.133. The van der Waals surface area contributed by atoms with E-state index in [2.05, 4.69) is 0 Å². The number of rotatable bonds is 10. The molecule has 3 rings (SSSR count). The Bertz CT molecular complexity index is 1080. The van der Waals surface area contributed by atoms with Crippen LogP contribution in [0.2, 0.25) is 0 Å². The fourth-order valence-corrected chi connectivity index (χ4v) is 3.58. The molecule has 0 saturated heterocycles. The number of methoxy groups -OCH3 is 1. The number of hydrogen-bond donors (Lipinski definition) is 0. The van der Waals surface area contributed by atoms with Gasteiger partial charge >= 0.3 is 0 Å². The molecular weight excluding hydrogens is 423 g/mol. The second-order valence-electron chi connectivity index (χ2n) is 7.82. The third-order valence-electron chi connectivity index (χ3n) is 5.23. The molecule has 6 nitrogen and oxygen atoms in total. The molecular formula is C26H29FN2O4. The van der Waals surface area contributed by atoms with Gasteiger partial charge in [0.2, 0.25) is 5.91 Å². The predicted molar refractivity (Wildman–Crippen MR) is 123 cm³/mol. The minimum absolute atomic E-state index is 0.0917. The van der Waals surface area contributed by atoms with Gasteiger partial charge in [0, 0.05) is 13.1 Å². The summed E-state index contributed by atoms with van der Waals surface area (Å²) < 4.78 is 24.4. The molecule has 1 heterocycles. The molecule has 0 aliphatic carbocycles. The minimum Gasteiger partial charge on any atom is -0.496 e. The molecule has 0 N–H and O–H groups in total. The second-order valence-corrected chi connectivity index (χ2v) is 7.82. The summed E-state index contributed by atoms with van der Waals surface area (Å²) in [6.07, 6.45) is 0.698. The van der Waals surface area contributed by atoms with Gasteiger partial charge in [0.25, 0.3) is 5.91 Å². The zero-order valence-corrected chi connectivity index (χ0v) is 19.2. The van der Waals surface area contributed by atoms with Gasteiger partial charge in [-0.05, 0) is 55.3 Å². The molecule has 0 aliphatic heterocycles. The van der Waals surface area contributed by atoms with Crippen LogP contribution >= 0.6 is 0 Å². The number of aryl methyl sites for hydroxylation is 1. The van der Waals surface area contributed by atoms with Gasteiger partial charge in [0.1, 0.15) is 29.6 Å². The Balaban J connectivity index is 1.82. The van der Waals surface area contributed by atoms with Crippen molar-refractivity contribution < 1.29 is 23.1 Å². The van der Waals surface area contributed by atoms with Crippen molar-refractivity contribution in [3.05, 3.63) is 89.1 Å². The maximum absolute atomic E-state index is 13.4. The van der Waals surface area contributed by atoms with Crippen molar-refractivity contribution in [1.29, 1.82) is 0 Å². The summed E-state index contributed by atoms with van der Waals surface area (Å²) in [5, 5.41) is 0. The number of carbonyl (C=O) groups is 2. The largest absolute Gasteiger partial charge is 0.496 e. The van der Waals surface area contributed by atoms with Crippen molar-refractivity contribution >= 4 is 11.8 Å². The highest BCUT2D eigenvalue weighted by molar-refractivity contribution is 5.98. The first-order chi connectivity index (χ1) is 15.9. The molecule has 33 heavy (non-hydrogen) atoms. The van der Waals surface area contributed by atoms with E-state index in [9.17, 15) is 14.0 Å².